The fourth-order valence-corrected chi connectivity index (χ4v) is 2.44. The number of hydrogen-bond donors (Lipinski definition) is 2. The molecule has 0 saturated heterocycles. The number of nitrogens with zero attached hydrogens (tertiary/aromatic N) is 1. The Kier molecular flexibility index (Phi) is 4.19. The number of carbonyl (C=O) groups excluding carboxylic acids is 1. The summed E-state index contributed by atoms with van der Waals surface area (Å²) in [7, 11) is 0. The first-order valence-electron chi connectivity index (χ1n) is 6.48. The lowest BCUT2D eigenvalue weighted by atomic mass is 9.81. The maximum Gasteiger partial charge on any atom is 0.306 e. The summed E-state index contributed by atoms with van der Waals surface area (Å²) in [6.07, 6.45) is 4.22. The molecule has 1 amide bonds. The van der Waals surface area contributed by atoms with Crippen molar-refractivity contribution in [3.8, 4) is 0 Å². The molecular formula is C13H18N2O4. The largest absolute Gasteiger partial charge is 0.481 e. The number of carbonyl (C=O) groups is 2. The highest BCUT2D eigenvalue weighted by molar-refractivity contribution is 5.80. The number of oxazole rings is 1. The Hall–Kier alpha value is -1.85. The van der Waals surface area contributed by atoms with Crippen molar-refractivity contribution < 1.29 is 19.1 Å². The summed E-state index contributed by atoms with van der Waals surface area (Å²) in [6, 6.07) is 0. The van der Waals surface area contributed by atoms with Crippen LogP contribution in [-0.4, -0.2) is 22.0 Å². The van der Waals surface area contributed by atoms with Gasteiger partial charge in [0.1, 0.15) is 5.76 Å². The van der Waals surface area contributed by atoms with E-state index in [-0.39, 0.29) is 18.4 Å². The van der Waals surface area contributed by atoms with Crippen molar-refractivity contribution in [3.63, 3.8) is 0 Å². The van der Waals surface area contributed by atoms with E-state index in [0.717, 1.165) is 12.8 Å². The number of nitrogens with one attached hydrogen (secondary N) is 1. The van der Waals surface area contributed by atoms with Crippen LogP contribution in [0.15, 0.2) is 10.6 Å². The molecule has 6 heteroatoms. The molecule has 0 bridgehead atoms. The van der Waals surface area contributed by atoms with E-state index in [4.69, 9.17) is 9.52 Å². The predicted octanol–water partition coefficient (Wildman–Crippen LogP) is 1.49. The smallest absolute Gasteiger partial charge is 0.306 e. The van der Waals surface area contributed by atoms with E-state index in [2.05, 4.69) is 10.3 Å². The lowest BCUT2D eigenvalue weighted by Gasteiger charge is -2.25. The topological polar surface area (TPSA) is 92.4 Å². The van der Waals surface area contributed by atoms with Crippen molar-refractivity contribution in [1.82, 2.24) is 10.3 Å². The van der Waals surface area contributed by atoms with Gasteiger partial charge in [0.25, 0.3) is 0 Å². The summed E-state index contributed by atoms with van der Waals surface area (Å²) in [5.41, 5.74) is 0. The molecule has 2 rings (SSSR count). The Balaban J connectivity index is 1.84. The van der Waals surface area contributed by atoms with Gasteiger partial charge in [-0.05, 0) is 26.2 Å². The third-order valence-corrected chi connectivity index (χ3v) is 3.48. The van der Waals surface area contributed by atoms with Gasteiger partial charge >= 0.3 is 5.97 Å². The highest BCUT2D eigenvalue weighted by Gasteiger charge is 2.30. The quantitative estimate of drug-likeness (QED) is 0.861. The highest BCUT2D eigenvalue weighted by atomic mass is 16.4. The minimum atomic E-state index is -0.805. The molecule has 1 aromatic heterocycles. The highest BCUT2D eigenvalue weighted by Crippen LogP contribution is 2.29. The van der Waals surface area contributed by atoms with E-state index in [1.807, 2.05) is 0 Å². The van der Waals surface area contributed by atoms with E-state index in [9.17, 15) is 9.59 Å². The summed E-state index contributed by atoms with van der Waals surface area (Å²) in [4.78, 5) is 26.9. The van der Waals surface area contributed by atoms with Gasteiger partial charge in [0, 0.05) is 5.92 Å². The van der Waals surface area contributed by atoms with Crippen LogP contribution >= 0.6 is 0 Å². The minimum absolute atomic E-state index is 0.109. The van der Waals surface area contributed by atoms with Crippen LogP contribution in [0.3, 0.4) is 0 Å². The molecule has 0 radical (unpaired) electrons. The molecule has 1 aliphatic carbocycles. The maximum atomic E-state index is 12.0. The summed E-state index contributed by atoms with van der Waals surface area (Å²) in [6.45, 7) is 2.04. The van der Waals surface area contributed by atoms with E-state index in [1.165, 1.54) is 0 Å². The normalized spacial score (nSPS) is 23.0. The number of hydrogen-bond acceptors (Lipinski definition) is 4. The number of aliphatic carboxylic acids is 1. The monoisotopic (exact) mass is 266 g/mol. The molecule has 0 aliphatic heterocycles. The second-order valence-corrected chi connectivity index (χ2v) is 4.98. The zero-order valence-corrected chi connectivity index (χ0v) is 10.9. The Morgan fingerprint density at radius 2 is 2.21 bits per heavy atom. The van der Waals surface area contributed by atoms with Gasteiger partial charge in [0.05, 0.1) is 18.7 Å². The van der Waals surface area contributed by atoms with Crippen molar-refractivity contribution in [2.45, 2.75) is 39.2 Å². The van der Waals surface area contributed by atoms with Gasteiger partial charge in [0.2, 0.25) is 11.8 Å². The first kappa shape index (κ1) is 13.6. The van der Waals surface area contributed by atoms with Crippen LogP contribution in [0.1, 0.15) is 37.3 Å². The molecule has 19 heavy (non-hydrogen) atoms. The number of amides is 1. The van der Waals surface area contributed by atoms with Gasteiger partial charge in [-0.25, -0.2) is 4.98 Å². The lowest BCUT2D eigenvalue weighted by Crippen LogP contribution is -2.35. The fourth-order valence-electron chi connectivity index (χ4n) is 2.44. The van der Waals surface area contributed by atoms with E-state index < -0.39 is 11.9 Å². The molecule has 1 heterocycles. The SMILES string of the molecule is Cc1cnc(CNC(=O)C2CCCC(C(=O)O)C2)o1. The Bertz CT molecular complexity index is 469. The third kappa shape index (κ3) is 3.56. The van der Waals surface area contributed by atoms with Crippen LogP contribution in [0, 0.1) is 18.8 Å². The molecule has 104 valence electrons. The number of carboxylic acids is 1. The summed E-state index contributed by atoms with van der Waals surface area (Å²) < 4.78 is 5.26. The number of carboxylic acid groups (broad SMARTS) is 1. The van der Waals surface area contributed by atoms with Crippen molar-refractivity contribution in [2.75, 3.05) is 0 Å². The average Bonchev–Trinajstić information content (AvgIpc) is 2.82. The van der Waals surface area contributed by atoms with Gasteiger partial charge in [-0.15, -0.1) is 0 Å². The molecule has 2 atom stereocenters. The molecule has 6 nitrogen and oxygen atoms in total. The van der Waals surface area contributed by atoms with Crippen LogP contribution in [0.2, 0.25) is 0 Å². The van der Waals surface area contributed by atoms with Gasteiger partial charge in [-0.1, -0.05) is 6.42 Å². The van der Waals surface area contributed by atoms with Gasteiger partial charge in [-0.2, -0.15) is 0 Å². The minimum Gasteiger partial charge on any atom is -0.481 e. The standard InChI is InChI=1S/C13H18N2O4/c1-8-6-14-11(19-8)7-15-12(16)9-3-2-4-10(5-9)13(17)18/h6,9-10H,2-5,7H2,1H3,(H,15,16)(H,17,18). The van der Waals surface area contributed by atoms with Crippen LogP contribution in [0.5, 0.6) is 0 Å². The Labute approximate surface area is 111 Å². The number of aryl methyl sites for hydroxylation is 1. The van der Waals surface area contributed by atoms with Crippen LogP contribution < -0.4 is 5.32 Å². The molecular weight excluding hydrogens is 248 g/mol. The molecule has 0 spiro atoms. The van der Waals surface area contributed by atoms with Crippen LogP contribution in [-0.2, 0) is 16.1 Å². The molecule has 0 aromatic carbocycles. The molecule has 1 aliphatic rings. The van der Waals surface area contributed by atoms with Gasteiger partial charge in [-0.3, -0.25) is 9.59 Å². The van der Waals surface area contributed by atoms with E-state index >= 15 is 0 Å². The van der Waals surface area contributed by atoms with Crippen LogP contribution in [0.25, 0.3) is 0 Å². The third-order valence-electron chi connectivity index (χ3n) is 3.48. The number of rotatable bonds is 4. The average molecular weight is 266 g/mol. The fraction of sp³-hybridized carbons (Fsp3) is 0.615. The van der Waals surface area contributed by atoms with Crippen molar-refractivity contribution >= 4 is 11.9 Å². The zero-order valence-electron chi connectivity index (χ0n) is 10.9. The van der Waals surface area contributed by atoms with E-state index in [1.54, 1.807) is 13.1 Å². The van der Waals surface area contributed by atoms with Crippen molar-refractivity contribution in [2.24, 2.45) is 11.8 Å². The Morgan fingerprint density at radius 3 is 2.84 bits per heavy atom. The second-order valence-electron chi connectivity index (χ2n) is 4.98. The number of aromatic nitrogens is 1. The molecule has 2 N–H and O–H groups in total. The summed E-state index contributed by atoms with van der Waals surface area (Å²) >= 11 is 0. The summed E-state index contributed by atoms with van der Waals surface area (Å²) in [5.74, 6) is -0.355. The van der Waals surface area contributed by atoms with Crippen molar-refractivity contribution in [3.05, 3.63) is 17.8 Å². The summed E-state index contributed by atoms with van der Waals surface area (Å²) in [5, 5.41) is 11.7. The molecule has 1 saturated carbocycles. The first-order chi connectivity index (χ1) is 9.06. The predicted molar refractivity (Wildman–Crippen MR) is 66.2 cm³/mol. The first-order valence-corrected chi connectivity index (χ1v) is 6.48. The lowest BCUT2D eigenvalue weighted by molar-refractivity contribution is -0.144. The maximum absolute atomic E-state index is 12.0. The Morgan fingerprint density at radius 1 is 1.47 bits per heavy atom. The zero-order chi connectivity index (χ0) is 13.8. The van der Waals surface area contributed by atoms with Crippen LogP contribution in [0.4, 0.5) is 0 Å². The van der Waals surface area contributed by atoms with Gasteiger partial charge in [0.15, 0.2) is 0 Å². The van der Waals surface area contributed by atoms with Gasteiger partial charge < -0.3 is 14.8 Å². The van der Waals surface area contributed by atoms with E-state index in [0.29, 0.717) is 24.5 Å². The van der Waals surface area contributed by atoms with Crippen molar-refractivity contribution in [1.29, 1.82) is 0 Å². The molecule has 1 aromatic rings. The second kappa shape index (κ2) is 5.86. The molecule has 1 fully saturated rings. The molecule has 2 unspecified atom stereocenters.